The summed E-state index contributed by atoms with van der Waals surface area (Å²) in [5, 5.41) is 7.49. The minimum Gasteiger partial charge on any atom is -0.367 e. The lowest BCUT2D eigenvalue weighted by molar-refractivity contribution is 0.750. The Morgan fingerprint density at radius 3 is 2.67 bits per heavy atom. The molecule has 0 radical (unpaired) electrons. The van der Waals surface area contributed by atoms with E-state index < -0.39 is 0 Å². The van der Waals surface area contributed by atoms with Crippen molar-refractivity contribution in [2.24, 2.45) is 0 Å². The molecule has 0 bridgehead atoms. The van der Waals surface area contributed by atoms with E-state index in [1.54, 1.807) is 6.33 Å². The van der Waals surface area contributed by atoms with E-state index in [2.05, 4.69) is 20.6 Å². The van der Waals surface area contributed by atoms with Crippen LogP contribution in [0.4, 0.5) is 17.3 Å². The van der Waals surface area contributed by atoms with Crippen molar-refractivity contribution in [1.82, 2.24) is 9.97 Å². The second-order valence-corrected chi connectivity index (χ2v) is 5.93. The first-order valence-corrected chi connectivity index (χ1v) is 7.70. The molecule has 1 fully saturated rings. The van der Waals surface area contributed by atoms with Gasteiger partial charge < -0.3 is 10.6 Å². The molecule has 4 nitrogen and oxygen atoms in total. The standard InChI is InChI=1S/C16H19ClN4/c1-11-6-7-12(17)8-14(11)21-16-9-15(18-10-19-16)20-13-4-2-3-5-13/h6-10,13H,2-5H2,1H3,(H2,18,19,20,21). The fourth-order valence-corrected chi connectivity index (χ4v) is 2.82. The van der Waals surface area contributed by atoms with Crippen LogP contribution in [0.1, 0.15) is 31.2 Å². The van der Waals surface area contributed by atoms with Gasteiger partial charge in [-0.05, 0) is 37.5 Å². The van der Waals surface area contributed by atoms with Crippen molar-refractivity contribution >= 4 is 28.9 Å². The second kappa shape index (κ2) is 6.31. The molecule has 1 aromatic carbocycles. The van der Waals surface area contributed by atoms with E-state index in [9.17, 15) is 0 Å². The van der Waals surface area contributed by atoms with Gasteiger partial charge in [-0.1, -0.05) is 30.5 Å². The zero-order valence-corrected chi connectivity index (χ0v) is 12.8. The van der Waals surface area contributed by atoms with Gasteiger partial charge in [0.15, 0.2) is 0 Å². The van der Waals surface area contributed by atoms with Crippen LogP contribution in [-0.2, 0) is 0 Å². The molecule has 0 aliphatic heterocycles. The lowest BCUT2D eigenvalue weighted by atomic mass is 10.2. The maximum atomic E-state index is 6.04. The van der Waals surface area contributed by atoms with E-state index >= 15 is 0 Å². The normalized spacial score (nSPS) is 15.1. The summed E-state index contributed by atoms with van der Waals surface area (Å²) >= 11 is 6.04. The third-order valence-electron chi connectivity index (χ3n) is 3.84. The van der Waals surface area contributed by atoms with Crippen LogP contribution in [0.2, 0.25) is 5.02 Å². The number of anilines is 3. The maximum absolute atomic E-state index is 6.04. The minimum atomic E-state index is 0.542. The summed E-state index contributed by atoms with van der Waals surface area (Å²) < 4.78 is 0. The van der Waals surface area contributed by atoms with E-state index in [1.165, 1.54) is 25.7 Å². The van der Waals surface area contributed by atoms with E-state index in [-0.39, 0.29) is 0 Å². The molecule has 0 saturated heterocycles. The van der Waals surface area contributed by atoms with E-state index in [1.807, 2.05) is 31.2 Å². The third-order valence-corrected chi connectivity index (χ3v) is 4.07. The fraction of sp³-hybridized carbons (Fsp3) is 0.375. The number of halogens is 1. The van der Waals surface area contributed by atoms with Crippen molar-refractivity contribution in [1.29, 1.82) is 0 Å². The molecule has 5 heteroatoms. The summed E-state index contributed by atoms with van der Waals surface area (Å²) in [4.78, 5) is 8.57. The Kier molecular flexibility index (Phi) is 4.25. The number of nitrogens with zero attached hydrogens (tertiary/aromatic N) is 2. The van der Waals surface area contributed by atoms with Gasteiger partial charge >= 0.3 is 0 Å². The topological polar surface area (TPSA) is 49.8 Å². The van der Waals surface area contributed by atoms with Gasteiger partial charge in [0.2, 0.25) is 0 Å². The smallest absolute Gasteiger partial charge is 0.135 e. The summed E-state index contributed by atoms with van der Waals surface area (Å²) in [6.45, 7) is 2.04. The molecule has 1 aliphatic rings. The van der Waals surface area contributed by atoms with Crippen molar-refractivity contribution in [3.05, 3.63) is 41.2 Å². The third kappa shape index (κ3) is 3.64. The zero-order valence-electron chi connectivity index (χ0n) is 12.1. The Bertz CT molecular complexity index is 623. The van der Waals surface area contributed by atoms with Crippen molar-refractivity contribution < 1.29 is 0 Å². The number of benzene rings is 1. The number of hydrogen-bond acceptors (Lipinski definition) is 4. The molecule has 110 valence electrons. The molecule has 0 spiro atoms. The van der Waals surface area contributed by atoms with Gasteiger partial charge in [0.25, 0.3) is 0 Å². The molecule has 1 heterocycles. The van der Waals surface area contributed by atoms with Crippen molar-refractivity contribution in [2.45, 2.75) is 38.6 Å². The quantitative estimate of drug-likeness (QED) is 0.871. The average molecular weight is 303 g/mol. The highest BCUT2D eigenvalue weighted by Crippen LogP contribution is 2.25. The van der Waals surface area contributed by atoms with E-state index in [0.29, 0.717) is 11.1 Å². The van der Waals surface area contributed by atoms with Crippen molar-refractivity contribution in [3.8, 4) is 0 Å². The summed E-state index contributed by atoms with van der Waals surface area (Å²) in [6.07, 6.45) is 6.63. The molecule has 2 aromatic rings. The van der Waals surface area contributed by atoms with E-state index in [4.69, 9.17) is 11.6 Å². The Hall–Kier alpha value is -1.81. The summed E-state index contributed by atoms with van der Waals surface area (Å²) in [5.74, 6) is 1.65. The van der Waals surface area contributed by atoms with Gasteiger partial charge in [-0.3, -0.25) is 0 Å². The molecule has 21 heavy (non-hydrogen) atoms. The minimum absolute atomic E-state index is 0.542. The highest BCUT2D eigenvalue weighted by atomic mass is 35.5. The van der Waals surface area contributed by atoms with Crippen LogP contribution in [0, 0.1) is 6.92 Å². The van der Waals surface area contributed by atoms with Crippen LogP contribution in [-0.4, -0.2) is 16.0 Å². The summed E-state index contributed by atoms with van der Waals surface area (Å²) in [7, 11) is 0. The summed E-state index contributed by atoms with van der Waals surface area (Å²) in [6, 6.07) is 8.26. The Morgan fingerprint density at radius 2 is 1.86 bits per heavy atom. The maximum Gasteiger partial charge on any atom is 0.135 e. The SMILES string of the molecule is Cc1ccc(Cl)cc1Nc1cc(NC2CCCC2)ncn1. The second-order valence-electron chi connectivity index (χ2n) is 5.50. The fourth-order valence-electron chi connectivity index (χ4n) is 2.65. The van der Waals surface area contributed by atoms with Crippen LogP contribution >= 0.6 is 11.6 Å². The van der Waals surface area contributed by atoms with Gasteiger partial charge in [-0.25, -0.2) is 9.97 Å². The average Bonchev–Trinajstić information content (AvgIpc) is 2.96. The predicted molar refractivity (Wildman–Crippen MR) is 87.4 cm³/mol. The van der Waals surface area contributed by atoms with Gasteiger partial charge in [0.1, 0.15) is 18.0 Å². The first kappa shape index (κ1) is 14.1. The molecule has 3 rings (SSSR count). The van der Waals surface area contributed by atoms with Gasteiger partial charge in [0, 0.05) is 22.8 Å². The van der Waals surface area contributed by atoms with Crippen LogP contribution in [0.5, 0.6) is 0 Å². The number of hydrogen-bond donors (Lipinski definition) is 2. The molecular weight excluding hydrogens is 284 g/mol. The number of aryl methyl sites for hydroxylation is 1. The van der Waals surface area contributed by atoms with Gasteiger partial charge in [-0.2, -0.15) is 0 Å². The Labute approximate surface area is 130 Å². The van der Waals surface area contributed by atoms with Crippen LogP contribution in [0.25, 0.3) is 0 Å². The molecule has 0 unspecified atom stereocenters. The van der Waals surface area contributed by atoms with Crippen LogP contribution < -0.4 is 10.6 Å². The Morgan fingerprint density at radius 1 is 1.10 bits per heavy atom. The molecule has 0 amide bonds. The van der Waals surface area contributed by atoms with Crippen LogP contribution in [0.15, 0.2) is 30.6 Å². The van der Waals surface area contributed by atoms with Crippen LogP contribution in [0.3, 0.4) is 0 Å². The molecular formula is C16H19ClN4. The monoisotopic (exact) mass is 302 g/mol. The first-order chi connectivity index (χ1) is 10.2. The van der Waals surface area contributed by atoms with Gasteiger partial charge in [-0.15, -0.1) is 0 Å². The Balaban J connectivity index is 1.74. The molecule has 2 N–H and O–H groups in total. The lowest BCUT2D eigenvalue weighted by Gasteiger charge is -2.14. The highest BCUT2D eigenvalue weighted by Gasteiger charge is 2.15. The number of rotatable bonds is 4. The predicted octanol–water partition coefficient (Wildman–Crippen LogP) is 4.54. The van der Waals surface area contributed by atoms with Crippen molar-refractivity contribution in [2.75, 3.05) is 10.6 Å². The number of nitrogens with one attached hydrogen (secondary N) is 2. The molecule has 1 aliphatic carbocycles. The molecule has 1 aromatic heterocycles. The summed E-state index contributed by atoms with van der Waals surface area (Å²) in [5.41, 5.74) is 2.09. The first-order valence-electron chi connectivity index (χ1n) is 7.32. The van der Waals surface area contributed by atoms with Crippen molar-refractivity contribution in [3.63, 3.8) is 0 Å². The molecule has 0 atom stereocenters. The lowest BCUT2D eigenvalue weighted by Crippen LogP contribution is -2.15. The number of aromatic nitrogens is 2. The molecule has 1 saturated carbocycles. The zero-order chi connectivity index (χ0) is 14.7. The van der Waals surface area contributed by atoms with E-state index in [0.717, 1.165) is 22.9 Å². The largest absolute Gasteiger partial charge is 0.367 e. The highest BCUT2D eigenvalue weighted by molar-refractivity contribution is 6.30. The van der Waals surface area contributed by atoms with Gasteiger partial charge in [0.05, 0.1) is 0 Å².